The summed E-state index contributed by atoms with van der Waals surface area (Å²) in [6, 6.07) is 5.68. The number of hydrogen-bond donors (Lipinski definition) is 1. The molecule has 0 aliphatic carbocycles. The Balaban J connectivity index is 2.04. The molecule has 2 heterocycles. The van der Waals surface area contributed by atoms with Crippen molar-refractivity contribution in [3.8, 4) is 5.69 Å². The molecule has 2 N–H and O–H groups in total. The van der Waals surface area contributed by atoms with E-state index in [1.165, 1.54) is 0 Å². The minimum absolute atomic E-state index is 0.406. The number of aromatic nitrogens is 3. The predicted octanol–water partition coefficient (Wildman–Crippen LogP) is 0.966. The summed E-state index contributed by atoms with van der Waals surface area (Å²) in [6.07, 6.45) is 5.50. The summed E-state index contributed by atoms with van der Waals surface area (Å²) in [4.78, 5) is 13.9. The van der Waals surface area contributed by atoms with Crippen molar-refractivity contribution >= 4 is 11.6 Å². The van der Waals surface area contributed by atoms with Gasteiger partial charge < -0.3 is 10.6 Å². The van der Waals surface area contributed by atoms with E-state index in [2.05, 4.69) is 15.1 Å². The van der Waals surface area contributed by atoms with Crippen LogP contribution < -0.4 is 10.6 Å². The molecular formula is C13H15N5O. The summed E-state index contributed by atoms with van der Waals surface area (Å²) in [7, 11) is 0. The van der Waals surface area contributed by atoms with Crippen LogP contribution in [-0.4, -0.2) is 33.8 Å². The van der Waals surface area contributed by atoms with E-state index in [1.807, 2.05) is 12.1 Å². The van der Waals surface area contributed by atoms with Crippen molar-refractivity contribution in [2.45, 2.75) is 12.8 Å². The molecule has 6 nitrogen and oxygen atoms in total. The van der Waals surface area contributed by atoms with Crippen molar-refractivity contribution in [1.82, 2.24) is 14.8 Å². The standard InChI is InChI=1S/C13H15N5O/c14-13(19)11-7-10(18-8-15-16-9-18)3-4-12(11)17-5-1-2-6-17/h3-4,7-9H,1-2,5-6H2,(H2,14,19). The van der Waals surface area contributed by atoms with E-state index in [-0.39, 0.29) is 0 Å². The van der Waals surface area contributed by atoms with E-state index in [0.29, 0.717) is 5.56 Å². The molecule has 1 aliphatic rings. The summed E-state index contributed by atoms with van der Waals surface area (Å²) >= 11 is 0. The lowest BCUT2D eigenvalue weighted by atomic mass is 10.1. The molecule has 0 atom stereocenters. The fourth-order valence-corrected chi connectivity index (χ4v) is 2.45. The van der Waals surface area contributed by atoms with Gasteiger partial charge in [-0.2, -0.15) is 0 Å². The zero-order chi connectivity index (χ0) is 13.2. The normalized spacial score (nSPS) is 14.8. The molecule has 0 bridgehead atoms. The monoisotopic (exact) mass is 257 g/mol. The molecule has 6 heteroatoms. The molecule has 1 saturated heterocycles. The van der Waals surface area contributed by atoms with Crippen LogP contribution in [-0.2, 0) is 0 Å². The highest BCUT2D eigenvalue weighted by Gasteiger charge is 2.18. The number of carbonyl (C=O) groups is 1. The lowest BCUT2D eigenvalue weighted by molar-refractivity contribution is 0.100. The van der Waals surface area contributed by atoms with Crippen LogP contribution in [0.1, 0.15) is 23.2 Å². The average molecular weight is 257 g/mol. The van der Waals surface area contributed by atoms with Gasteiger partial charge in [0.1, 0.15) is 12.7 Å². The Morgan fingerprint density at radius 1 is 1.16 bits per heavy atom. The largest absolute Gasteiger partial charge is 0.371 e. The van der Waals surface area contributed by atoms with Crippen molar-refractivity contribution in [2.75, 3.05) is 18.0 Å². The van der Waals surface area contributed by atoms with Gasteiger partial charge in [0.2, 0.25) is 0 Å². The third-order valence-electron chi connectivity index (χ3n) is 3.41. The van der Waals surface area contributed by atoms with Crippen molar-refractivity contribution in [3.63, 3.8) is 0 Å². The van der Waals surface area contributed by atoms with Crippen molar-refractivity contribution in [2.24, 2.45) is 5.73 Å². The minimum atomic E-state index is -0.406. The zero-order valence-corrected chi connectivity index (χ0v) is 10.5. The van der Waals surface area contributed by atoms with Gasteiger partial charge in [-0.25, -0.2) is 0 Å². The van der Waals surface area contributed by atoms with Crippen molar-refractivity contribution < 1.29 is 4.79 Å². The second kappa shape index (κ2) is 4.72. The first-order valence-corrected chi connectivity index (χ1v) is 6.29. The van der Waals surface area contributed by atoms with Crippen LogP contribution in [0.25, 0.3) is 5.69 Å². The van der Waals surface area contributed by atoms with E-state index in [9.17, 15) is 4.79 Å². The van der Waals surface area contributed by atoms with E-state index < -0.39 is 5.91 Å². The summed E-state index contributed by atoms with van der Waals surface area (Å²) in [5.74, 6) is -0.406. The molecule has 1 aromatic carbocycles. The maximum absolute atomic E-state index is 11.7. The quantitative estimate of drug-likeness (QED) is 0.888. The number of benzene rings is 1. The van der Waals surface area contributed by atoms with Gasteiger partial charge in [0, 0.05) is 24.5 Å². The molecule has 19 heavy (non-hydrogen) atoms. The number of nitrogens with zero attached hydrogens (tertiary/aromatic N) is 4. The Labute approximate surface area is 110 Å². The third-order valence-corrected chi connectivity index (χ3v) is 3.41. The van der Waals surface area contributed by atoms with Crippen molar-refractivity contribution in [1.29, 1.82) is 0 Å². The van der Waals surface area contributed by atoms with Gasteiger partial charge in [0.15, 0.2) is 0 Å². The Kier molecular flexibility index (Phi) is 2.91. The molecule has 1 amide bonds. The fraction of sp³-hybridized carbons (Fsp3) is 0.308. The number of anilines is 1. The minimum Gasteiger partial charge on any atom is -0.371 e. The number of amides is 1. The van der Waals surface area contributed by atoms with Crippen LogP contribution in [0, 0.1) is 0 Å². The van der Waals surface area contributed by atoms with E-state index >= 15 is 0 Å². The van der Waals surface area contributed by atoms with Crippen LogP contribution in [0.5, 0.6) is 0 Å². The summed E-state index contributed by atoms with van der Waals surface area (Å²) in [5, 5.41) is 7.52. The Bertz CT molecular complexity index is 587. The topological polar surface area (TPSA) is 77.0 Å². The molecule has 98 valence electrons. The van der Waals surface area contributed by atoms with Gasteiger partial charge in [-0.05, 0) is 31.0 Å². The van der Waals surface area contributed by atoms with Crippen molar-refractivity contribution in [3.05, 3.63) is 36.4 Å². The first kappa shape index (κ1) is 11.7. The first-order valence-electron chi connectivity index (χ1n) is 6.29. The highest BCUT2D eigenvalue weighted by atomic mass is 16.1. The lowest BCUT2D eigenvalue weighted by Crippen LogP contribution is -2.23. The summed E-state index contributed by atoms with van der Waals surface area (Å²) < 4.78 is 1.75. The van der Waals surface area contributed by atoms with Gasteiger partial charge >= 0.3 is 0 Å². The van der Waals surface area contributed by atoms with Crippen LogP contribution >= 0.6 is 0 Å². The van der Waals surface area contributed by atoms with Gasteiger partial charge in [-0.1, -0.05) is 0 Å². The zero-order valence-electron chi connectivity index (χ0n) is 10.5. The maximum Gasteiger partial charge on any atom is 0.250 e. The number of nitrogens with two attached hydrogens (primary N) is 1. The second-order valence-electron chi connectivity index (χ2n) is 4.63. The first-order chi connectivity index (χ1) is 9.25. The summed E-state index contributed by atoms with van der Waals surface area (Å²) in [5.41, 5.74) is 7.80. The SMILES string of the molecule is NC(=O)c1cc(-n2cnnc2)ccc1N1CCCC1. The molecular weight excluding hydrogens is 242 g/mol. The van der Waals surface area contributed by atoms with E-state index in [1.54, 1.807) is 23.3 Å². The Morgan fingerprint density at radius 2 is 1.84 bits per heavy atom. The smallest absolute Gasteiger partial charge is 0.250 e. The number of primary amides is 1. The van der Waals surface area contributed by atoms with Gasteiger partial charge in [0.05, 0.1) is 5.56 Å². The lowest BCUT2D eigenvalue weighted by Gasteiger charge is -2.20. The molecule has 3 rings (SSSR count). The predicted molar refractivity (Wildman–Crippen MR) is 71.3 cm³/mol. The number of carbonyl (C=O) groups excluding carboxylic acids is 1. The molecule has 1 aliphatic heterocycles. The molecule has 2 aromatic rings. The third kappa shape index (κ3) is 2.16. The molecule has 0 spiro atoms. The summed E-state index contributed by atoms with van der Waals surface area (Å²) in [6.45, 7) is 1.96. The molecule has 0 unspecified atom stereocenters. The highest BCUT2D eigenvalue weighted by molar-refractivity contribution is 5.99. The van der Waals surface area contributed by atoms with Gasteiger partial charge in [0.25, 0.3) is 5.91 Å². The second-order valence-corrected chi connectivity index (χ2v) is 4.63. The molecule has 1 aromatic heterocycles. The average Bonchev–Trinajstić information content (AvgIpc) is 3.11. The van der Waals surface area contributed by atoms with Crippen LogP contribution in [0.4, 0.5) is 5.69 Å². The van der Waals surface area contributed by atoms with Crippen LogP contribution in [0.2, 0.25) is 0 Å². The van der Waals surface area contributed by atoms with Gasteiger partial charge in [-0.3, -0.25) is 9.36 Å². The van der Waals surface area contributed by atoms with Crippen LogP contribution in [0.3, 0.4) is 0 Å². The molecule has 0 saturated carbocycles. The van der Waals surface area contributed by atoms with Crippen LogP contribution in [0.15, 0.2) is 30.9 Å². The Hall–Kier alpha value is -2.37. The molecule has 1 fully saturated rings. The molecule has 0 radical (unpaired) electrons. The Morgan fingerprint density at radius 3 is 2.47 bits per heavy atom. The number of rotatable bonds is 3. The number of hydrogen-bond acceptors (Lipinski definition) is 4. The maximum atomic E-state index is 11.7. The fourth-order valence-electron chi connectivity index (χ4n) is 2.45. The van der Waals surface area contributed by atoms with E-state index in [0.717, 1.165) is 37.3 Å². The van der Waals surface area contributed by atoms with E-state index in [4.69, 9.17) is 5.73 Å². The highest BCUT2D eigenvalue weighted by Crippen LogP contribution is 2.26. The van der Waals surface area contributed by atoms with Gasteiger partial charge in [-0.15, -0.1) is 10.2 Å².